The monoisotopic (exact) mass is 800 g/mol. The van der Waals surface area contributed by atoms with Crippen LogP contribution in [0.3, 0.4) is 0 Å². The number of amides is 4. The first-order valence-corrected chi connectivity index (χ1v) is 21.0. The van der Waals surface area contributed by atoms with Crippen molar-refractivity contribution < 1.29 is 38.2 Å². The molecule has 13 nitrogen and oxygen atoms in total. The number of benzene rings is 1. The van der Waals surface area contributed by atoms with Gasteiger partial charge in [-0.1, -0.05) is 77.8 Å². The fourth-order valence-electron chi connectivity index (χ4n) is 8.41. The summed E-state index contributed by atoms with van der Waals surface area (Å²) in [5.74, 6) is -2.30. The number of rotatable bonds is 19. The predicted octanol–water partition coefficient (Wildman–Crippen LogP) is 4.60. The second-order valence-electron chi connectivity index (χ2n) is 17.6. The lowest BCUT2D eigenvalue weighted by molar-refractivity contribution is -0.159. The van der Waals surface area contributed by atoms with Crippen LogP contribution in [0.1, 0.15) is 106 Å². The van der Waals surface area contributed by atoms with E-state index in [1.54, 1.807) is 58.8 Å². The molecule has 2 fully saturated rings. The summed E-state index contributed by atoms with van der Waals surface area (Å²) in [6.45, 7) is 16.4. The Labute approximate surface area is 342 Å². The van der Waals surface area contributed by atoms with Crippen LogP contribution < -0.4 is 10.6 Å². The zero-order chi connectivity index (χ0) is 42.6. The normalized spacial score (nSPS) is 21.5. The number of likely N-dealkylation sites (tertiary alicyclic amines) is 2. The maximum absolute atomic E-state index is 14.3. The Balaban J connectivity index is 1.78. The highest BCUT2D eigenvalue weighted by molar-refractivity contribution is 5.90. The Morgan fingerprint density at radius 2 is 1.58 bits per heavy atom. The lowest BCUT2D eigenvalue weighted by atomic mass is 9.89. The maximum atomic E-state index is 14.3. The van der Waals surface area contributed by atoms with Gasteiger partial charge in [0, 0.05) is 34.2 Å². The molecule has 4 amide bonds. The van der Waals surface area contributed by atoms with E-state index in [1.807, 2.05) is 65.1 Å². The van der Waals surface area contributed by atoms with E-state index in [9.17, 15) is 24.0 Å². The third kappa shape index (κ3) is 13.2. The number of likely N-dealkylation sites (N-methyl/N-ethyl adjacent to an activating group) is 2. The third-order valence-corrected chi connectivity index (χ3v) is 11.9. The standard InChI is InChI=1S/C44H73N5O8/c1-13-29(4)38(48(10)42(53)37(28(2)3)46-41(52)34-22-17-18-24-47(34)9)35(55-11)27-36(50)49-25-19-23-33(49)39(56-12)30(5)40(51)45-32(43(54)57-44(6,7)8)26-31-20-15-14-16-21-31/h14-16,20-21,28-30,32-35,37-39H,13,17-19,22-27H2,1-12H3,(H,45,51)(H,46,52)/t29-,30+,32-,33-,34-,35+,37-,38-,39+/m0/s1. The van der Waals surface area contributed by atoms with Gasteiger partial charge in [-0.05, 0) is 77.4 Å². The average molecular weight is 800 g/mol. The zero-order valence-electron chi connectivity index (χ0n) is 36.8. The van der Waals surface area contributed by atoms with Crippen molar-refractivity contribution >= 4 is 29.6 Å². The molecule has 0 saturated carbocycles. The fraction of sp³-hybridized carbons (Fsp3) is 0.750. The second kappa shape index (κ2) is 22.0. The minimum atomic E-state index is -0.919. The van der Waals surface area contributed by atoms with Crippen LogP contribution >= 0.6 is 0 Å². The molecule has 2 heterocycles. The SMILES string of the molecule is CC[C@H](C)[C@@H]([C@@H](CC(=O)N1CCC[C@H]1[C@H](OC)[C@@H](C)C(=O)N[C@@H](Cc1ccccc1)C(=O)OC(C)(C)C)OC)N(C)C(=O)[C@@H](NC(=O)[C@@H]1CCCCN1C)C(C)C. The molecule has 2 N–H and O–H groups in total. The van der Waals surface area contributed by atoms with Crippen LogP contribution in [-0.4, -0.2) is 134 Å². The molecular weight excluding hydrogens is 727 g/mol. The highest BCUT2D eigenvalue weighted by Crippen LogP contribution is 2.30. The van der Waals surface area contributed by atoms with E-state index in [0.717, 1.165) is 44.2 Å². The summed E-state index contributed by atoms with van der Waals surface area (Å²) in [7, 11) is 6.80. The van der Waals surface area contributed by atoms with Crippen molar-refractivity contribution in [1.82, 2.24) is 25.3 Å². The van der Waals surface area contributed by atoms with E-state index in [1.165, 1.54) is 0 Å². The van der Waals surface area contributed by atoms with Gasteiger partial charge in [0.15, 0.2) is 0 Å². The van der Waals surface area contributed by atoms with Crippen LogP contribution in [0.5, 0.6) is 0 Å². The molecule has 1 aromatic rings. The summed E-state index contributed by atoms with van der Waals surface area (Å²) in [6, 6.07) is 6.68. The van der Waals surface area contributed by atoms with Gasteiger partial charge in [-0.2, -0.15) is 0 Å². The summed E-state index contributed by atoms with van der Waals surface area (Å²) in [5, 5.41) is 6.01. The average Bonchev–Trinajstić information content (AvgIpc) is 3.65. The number of carbonyl (C=O) groups excluding carboxylic acids is 5. The number of ether oxygens (including phenoxy) is 3. The predicted molar refractivity (Wildman–Crippen MR) is 221 cm³/mol. The van der Waals surface area contributed by atoms with Crippen LogP contribution in [0, 0.1) is 17.8 Å². The van der Waals surface area contributed by atoms with E-state index >= 15 is 0 Å². The molecule has 0 aliphatic carbocycles. The van der Waals surface area contributed by atoms with Crippen molar-refractivity contribution in [3.05, 3.63) is 35.9 Å². The molecular formula is C44H73N5O8. The van der Waals surface area contributed by atoms with Crippen molar-refractivity contribution in [2.75, 3.05) is 41.4 Å². The van der Waals surface area contributed by atoms with Crippen LogP contribution in [0.4, 0.5) is 0 Å². The molecule has 3 rings (SSSR count). The molecule has 0 radical (unpaired) electrons. The zero-order valence-corrected chi connectivity index (χ0v) is 36.8. The van der Waals surface area contributed by atoms with E-state index < -0.39 is 53.9 Å². The molecule has 0 bridgehead atoms. The summed E-state index contributed by atoms with van der Waals surface area (Å²) in [4.78, 5) is 74.8. The fourth-order valence-corrected chi connectivity index (χ4v) is 8.41. The highest BCUT2D eigenvalue weighted by atomic mass is 16.6. The Kier molecular flexibility index (Phi) is 18.5. The molecule has 2 saturated heterocycles. The van der Waals surface area contributed by atoms with Gasteiger partial charge in [-0.15, -0.1) is 0 Å². The first-order valence-electron chi connectivity index (χ1n) is 21.0. The molecule has 13 heteroatoms. The molecule has 0 spiro atoms. The molecule has 1 aromatic carbocycles. The summed E-state index contributed by atoms with van der Waals surface area (Å²) in [6.07, 6.45) is 3.87. The van der Waals surface area contributed by atoms with E-state index in [2.05, 4.69) is 15.5 Å². The van der Waals surface area contributed by atoms with Gasteiger partial charge in [-0.3, -0.25) is 24.1 Å². The number of hydrogen-bond acceptors (Lipinski definition) is 9. The Bertz CT molecular complexity index is 1470. The Morgan fingerprint density at radius 3 is 2.14 bits per heavy atom. The van der Waals surface area contributed by atoms with E-state index in [4.69, 9.17) is 14.2 Å². The van der Waals surface area contributed by atoms with Crippen LogP contribution in [0.15, 0.2) is 30.3 Å². The van der Waals surface area contributed by atoms with Crippen LogP contribution in [0.25, 0.3) is 0 Å². The van der Waals surface area contributed by atoms with E-state index in [0.29, 0.717) is 13.0 Å². The number of carbonyl (C=O) groups is 5. The molecule has 2 aliphatic rings. The Hall–Kier alpha value is -3.55. The van der Waals surface area contributed by atoms with Crippen molar-refractivity contribution in [2.45, 2.75) is 155 Å². The van der Waals surface area contributed by atoms with Gasteiger partial charge in [0.25, 0.3) is 0 Å². The van der Waals surface area contributed by atoms with Gasteiger partial charge in [0.2, 0.25) is 23.6 Å². The highest BCUT2D eigenvalue weighted by Gasteiger charge is 2.43. The van der Waals surface area contributed by atoms with Crippen LogP contribution in [0.2, 0.25) is 0 Å². The van der Waals surface area contributed by atoms with Crippen molar-refractivity contribution in [1.29, 1.82) is 0 Å². The van der Waals surface area contributed by atoms with Gasteiger partial charge < -0.3 is 34.6 Å². The number of methoxy groups -OCH3 is 2. The van der Waals surface area contributed by atoms with Gasteiger partial charge in [0.05, 0.1) is 42.7 Å². The van der Waals surface area contributed by atoms with Gasteiger partial charge in [0.1, 0.15) is 17.7 Å². The molecule has 9 atom stereocenters. The smallest absolute Gasteiger partial charge is 0.329 e. The summed E-state index contributed by atoms with van der Waals surface area (Å²) in [5.41, 5.74) is 0.139. The number of nitrogens with zero attached hydrogens (tertiary/aromatic N) is 3. The van der Waals surface area contributed by atoms with Crippen LogP contribution in [-0.2, 0) is 44.6 Å². The number of nitrogens with one attached hydrogen (secondary N) is 2. The Morgan fingerprint density at radius 1 is 0.912 bits per heavy atom. The number of hydrogen-bond donors (Lipinski definition) is 2. The quantitative estimate of drug-likeness (QED) is 0.192. The molecule has 2 aliphatic heterocycles. The first kappa shape index (κ1) is 47.8. The number of piperidine rings is 1. The second-order valence-corrected chi connectivity index (χ2v) is 17.6. The molecule has 322 valence electrons. The van der Waals surface area contributed by atoms with Gasteiger partial charge in [-0.25, -0.2) is 4.79 Å². The lowest BCUT2D eigenvalue weighted by Gasteiger charge is -2.41. The minimum absolute atomic E-state index is 0.0139. The van der Waals surface area contributed by atoms with Crippen molar-refractivity contribution in [3.63, 3.8) is 0 Å². The summed E-state index contributed by atoms with van der Waals surface area (Å²) >= 11 is 0. The van der Waals surface area contributed by atoms with Crippen molar-refractivity contribution in [3.8, 4) is 0 Å². The minimum Gasteiger partial charge on any atom is -0.458 e. The van der Waals surface area contributed by atoms with Crippen molar-refractivity contribution in [2.24, 2.45) is 17.8 Å². The summed E-state index contributed by atoms with van der Waals surface area (Å²) < 4.78 is 17.7. The van der Waals surface area contributed by atoms with E-state index in [-0.39, 0.29) is 54.3 Å². The maximum Gasteiger partial charge on any atom is 0.329 e. The largest absolute Gasteiger partial charge is 0.458 e. The lowest BCUT2D eigenvalue weighted by Crippen LogP contribution is -2.59. The first-order chi connectivity index (χ1) is 26.8. The third-order valence-electron chi connectivity index (χ3n) is 11.9. The van der Waals surface area contributed by atoms with Gasteiger partial charge >= 0.3 is 5.97 Å². The molecule has 0 unspecified atom stereocenters. The topological polar surface area (TPSA) is 147 Å². The molecule has 0 aromatic heterocycles. The molecule has 57 heavy (non-hydrogen) atoms. The number of esters is 1.